The van der Waals surface area contributed by atoms with E-state index in [1.54, 1.807) is 0 Å². The standard InChI is InChI=1S/C16H31BrO2/c1-2-3-4-5-6-7-8-9-10-11-12-13-16(18)19-15-14-17/h2-15H2,1H3. The topological polar surface area (TPSA) is 26.3 Å². The summed E-state index contributed by atoms with van der Waals surface area (Å²) in [5.74, 6) is -0.0459. The maximum absolute atomic E-state index is 11.2. The first-order valence-electron chi connectivity index (χ1n) is 8.02. The summed E-state index contributed by atoms with van der Waals surface area (Å²) in [4.78, 5) is 11.2. The summed E-state index contributed by atoms with van der Waals surface area (Å²) < 4.78 is 5.00. The minimum Gasteiger partial charge on any atom is -0.465 e. The molecule has 0 aromatic heterocycles. The first-order valence-corrected chi connectivity index (χ1v) is 9.15. The van der Waals surface area contributed by atoms with E-state index in [2.05, 4.69) is 22.9 Å². The lowest BCUT2D eigenvalue weighted by Crippen LogP contribution is -2.05. The molecule has 0 heterocycles. The van der Waals surface area contributed by atoms with E-state index in [1.807, 2.05) is 0 Å². The molecule has 114 valence electrons. The second-order valence-corrected chi connectivity index (χ2v) is 5.99. The van der Waals surface area contributed by atoms with Gasteiger partial charge in [-0.05, 0) is 6.42 Å². The number of hydrogen-bond acceptors (Lipinski definition) is 2. The van der Waals surface area contributed by atoms with Crippen LogP contribution in [0.5, 0.6) is 0 Å². The van der Waals surface area contributed by atoms with Crippen LogP contribution in [0.15, 0.2) is 0 Å². The highest BCUT2D eigenvalue weighted by Crippen LogP contribution is 2.12. The summed E-state index contributed by atoms with van der Waals surface area (Å²) in [7, 11) is 0. The summed E-state index contributed by atoms with van der Waals surface area (Å²) in [6, 6.07) is 0. The van der Waals surface area contributed by atoms with Crippen molar-refractivity contribution in [3.05, 3.63) is 0 Å². The fourth-order valence-corrected chi connectivity index (χ4v) is 2.32. The Hall–Kier alpha value is -0.0500. The monoisotopic (exact) mass is 334 g/mol. The summed E-state index contributed by atoms with van der Waals surface area (Å²) in [6.45, 7) is 2.76. The molecule has 0 saturated heterocycles. The van der Waals surface area contributed by atoms with Crippen molar-refractivity contribution in [2.75, 3.05) is 11.9 Å². The smallest absolute Gasteiger partial charge is 0.305 e. The lowest BCUT2D eigenvalue weighted by atomic mass is 10.1. The number of hydrogen-bond donors (Lipinski definition) is 0. The van der Waals surface area contributed by atoms with Gasteiger partial charge in [0.1, 0.15) is 6.61 Å². The van der Waals surface area contributed by atoms with Gasteiger partial charge in [-0.2, -0.15) is 0 Å². The van der Waals surface area contributed by atoms with Crippen molar-refractivity contribution in [2.24, 2.45) is 0 Å². The van der Waals surface area contributed by atoms with Gasteiger partial charge in [0.25, 0.3) is 0 Å². The molecular weight excluding hydrogens is 304 g/mol. The van der Waals surface area contributed by atoms with Gasteiger partial charge < -0.3 is 4.74 Å². The molecule has 0 rings (SSSR count). The van der Waals surface area contributed by atoms with Crippen molar-refractivity contribution in [3.63, 3.8) is 0 Å². The molecule has 0 aliphatic rings. The van der Waals surface area contributed by atoms with Gasteiger partial charge in [-0.1, -0.05) is 87.1 Å². The lowest BCUT2D eigenvalue weighted by molar-refractivity contribution is -0.143. The van der Waals surface area contributed by atoms with Crippen molar-refractivity contribution in [3.8, 4) is 0 Å². The fraction of sp³-hybridized carbons (Fsp3) is 0.938. The number of esters is 1. The van der Waals surface area contributed by atoms with Crippen LogP contribution >= 0.6 is 15.9 Å². The van der Waals surface area contributed by atoms with E-state index in [9.17, 15) is 4.79 Å². The lowest BCUT2D eigenvalue weighted by Gasteiger charge is -2.03. The van der Waals surface area contributed by atoms with Crippen LogP contribution in [-0.2, 0) is 9.53 Å². The minimum atomic E-state index is -0.0459. The molecule has 2 nitrogen and oxygen atoms in total. The van der Waals surface area contributed by atoms with Crippen molar-refractivity contribution in [2.45, 2.75) is 84.0 Å². The average molecular weight is 335 g/mol. The van der Waals surface area contributed by atoms with Gasteiger partial charge in [0.2, 0.25) is 0 Å². The van der Waals surface area contributed by atoms with Crippen LogP contribution in [0.1, 0.15) is 84.0 Å². The molecule has 0 fully saturated rings. The third kappa shape index (κ3) is 15.9. The summed E-state index contributed by atoms with van der Waals surface area (Å²) >= 11 is 3.24. The van der Waals surface area contributed by atoms with Crippen LogP contribution in [0.2, 0.25) is 0 Å². The number of unbranched alkanes of at least 4 members (excludes halogenated alkanes) is 10. The molecule has 0 unspecified atom stereocenters. The van der Waals surface area contributed by atoms with E-state index in [-0.39, 0.29) is 5.97 Å². The zero-order valence-electron chi connectivity index (χ0n) is 12.6. The zero-order chi connectivity index (χ0) is 14.2. The molecule has 0 N–H and O–H groups in total. The Balaban J connectivity index is 3.04. The van der Waals surface area contributed by atoms with E-state index in [1.165, 1.54) is 64.2 Å². The van der Waals surface area contributed by atoms with Gasteiger partial charge in [0.05, 0.1) is 0 Å². The van der Waals surface area contributed by atoms with Crippen LogP contribution in [0.25, 0.3) is 0 Å². The maximum atomic E-state index is 11.2. The number of carbonyl (C=O) groups is 1. The number of rotatable bonds is 14. The van der Waals surface area contributed by atoms with Gasteiger partial charge in [-0.3, -0.25) is 4.79 Å². The number of alkyl halides is 1. The highest BCUT2D eigenvalue weighted by molar-refractivity contribution is 9.09. The summed E-state index contributed by atoms with van der Waals surface area (Å²) in [6.07, 6.45) is 15.0. The molecule has 0 saturated carbocycles. The average Bonchev–Trinajstić information content (AvgIpc) is 2.42. The zero-order valence-corrected chi connectivity index (χ0v) is 14.2. The molecule has 0 aliphatic carbocycles. The van der Waals surface area contributed by atoms with Crippen molar-refractivity contribution in [1.29, 1.82) is 0 Å². The minimum absolute atomic E-state index is 0.0459. The molecule has 0 aromatic carbocycles. The molecule has 19 heavy (non-hydrogen) atoms. The highest BCUT2D eigenvalue weighted by atomic mass is 79.9. The first-order chi connectivity index (χ1) is 9.31. The van der Waals surface area contributed by atoms with Gasteiger partial charge >= 0.3 is 5.97 Å². The van der Waals surface area contributed by atoms with E-state index < -0.39 is 0 Å². The number of ether oxygens (including phenoxy) is 1. The molecule has 0 radical (unpaired) electrons. The van der Waals surface area contributed by atoms with E-state index >= 15 is 0 Å². The van der Waals surface area contributed by atoms with E-state index in [0.29, 0.717) is 13.0 Å². The molecule has 3 heteroatoms. The molecule has 0 aliphatic heterocycles. The molecule has 0 atom stereocenters. The van der Waals surface area contributed by atoms with Crippen LogP contribution in [0.4, 0.5) is 0 Å². The fourth-order valence-electron chi connectivity index (χ4n) is 2.16. The van der Waals surface area contributed by atoms with Crippen molar-refractivity contribution >= 4 is 21.9 Å². The number of halogens is 1. The third-order valence-corrected chi connectivity index (χ3v) is 3.65. The van der Waals surface area contributed by atoms with Crippen molar-refractivity contribution in [1.82, 2.24) is 0 Å². The van der Waals surface area contributed by atoms with Crippen LogP contribution in [0.3, 0.4) is 0 Å². The first kappa shape index (κ1) is 18.9. The highest BCUT2D eigenvalue weighted by Gasteiger charge is 2.01. The van der Waals surface area contributed by atoms with Gasteiger partial charge in [0.15, 0.2) is 0 Å². The van der Waals surface area contributed by atoms with Crippen molar-refractivity contribution < 1.29 is 9.53 Å². The molecule has 0 bridgehead atoms. The Morgan fingerprint density at radius 2 is 1.32 bits per heavy atom. The number of carbonyl (C=O) groups excluding carboxylic acids is 1. The maximum Gasteiger partial charge on any atom is 0.305 e. The largest absolute Gasteiger partial charge is 0.465 e. The van der Waals surface area contributed by atoms with Gasteiger partial charge in [-0.25, -0.2) is 0 Å². The molecule has 0 amide bonds. The normalized spacial score (nSPS) is 10.6. The Bertz CT molecular complexity index is 195. The summed E-state index contributed by atoms with van der Waals surface area (Å²) in [5, 5.41) is 0.733. The molecular formula is C16H31BrO2. The Morgan fingerprint density at radius 3 is 1.79 bits per heavy atom. The molecule has 0 aromatic rings. The van der Waals surface area contributed by atoms with Crippen LogP contribution in [-0.4, -0.2) is 17.9 Å². The van der Waals surface area contributed by atoms with E-state index in [4.69, 9.17) is 4.74 Å². The summed E-state index contributed by atoms with van der Waals surface area (Å²) in [5.41, 5.74) is 0. The second kappa shape index (κ2) is 16.0. The third-order valence-electron chi connectivity index (χ3n) is 3.32. The predicted molar refractivity (Wildman–Crippen MR) is 85.8 cm³/mol. The van der Waals surface area contributed by atoms with E-state index in [0.717, 1.165) is 11.8 Å². The second-order valence-electron chi connectivity index (χ2n) is 5.19. The SMILES string of the molecule is CCCCCCCCCCCCCC(=O)OCCBr. The predicted octanol–water partition coefficient (Wildman–Crippen LogP) is 5.63. The Kier molecular flexibility index (Phi) is 16.0. The molecule has 0 spiro atoms. The Labute approximate surface area is 127 Å². The Morgan fingerprint density at radius 1 is 0.842 bits per heavy atom. The van der Waals surface area contributed by atoms with Gasteiger partial charge in [0, 0.05) is 11.8 Å². The van der Waals surface area contributed by atoms with Crippen LogP contribution < -0.4 is 0 Å². The van der Waals surface area contributed by atoms with Crippen LogP contribution in [0, 0.1) is 0 Å². The van der Waals surface area contributed by atoms with Gasteiger partial charge in [-0.15, -0.1) is 0 Å². The quantitative estimate of drug-likeness (QED) is 0.234.